The molecule has 3 heterocycles. The van der Waals surface area contributed by atoms with Crippen molar-refractivity contribution in [2.45, 2.75) is 44.8 Å². The van der Waals surface area contributed by atoms with Crippen LogP contribution in [0, 0.1) is 6.92 Å². The van der Waals surface area contributed by atoms with E-state index >= 15 is 0 Å². The molecular weight excluding hydrogens is 403 g/mol. The van der Waals surface area contributed by atoms with Gasteiger partial charge in [0.25, 0.3) is 0 Å². The summed E-state index contributed by atoms with van der Waals surface area (Å²) in [6.45, 7) is 5.70. The zero-order valence-electron chi connectivity index (χ0n) is 17.9. The van der Waals surface area contributed by atoms with Crippen LogP contribution in [0.4, 0.5) is 19.0 Å². The van der Waals surface area contributed by atoms with E-state index in [1.54, 1.807) is 19.2 Å². The molecule has 8 heteroatoms. The molecule has 3 aromatic rings. The Kier molecular flexibility index (Phi) is 5.83. The van der Waals surface area contributed by atoms with Gasteiger partial charge >= 0.3 is 6.18 Å². The fourth-order valence-corrected chi connectivity index (χ4v) is 4.07. The zero-order chi connectivity index (χ0) is 22.2. The molecule has 1 fully saturated rings. The first-order valence-electron chi connectivity index (χ1n) is 10.5. The van der Waals surface area contributed by atoms with Gasteiger partial charge in [0.15, 0.2) is 0 Å². The number of benzene rings is 1. The lowest BCUT2D eigenvalue weighted by molar-refractivity contribution is -0.137. The van der Waals surface area contributed by atoms with Crippen LogP contribution in [0.3, 0.4) is 0 Å². The number of nitrogens with one attached hydrogen (secondary N) is 1. The van der Waals surface area contributed by atoms with Gasteiger partial charge in [-0.25, -0.2) is 9.97 Å². The number of hydrogen-bond donors (Lipinski definition) is 1. The Morgan fingerprint density at radius 2 is 1.87 bits per heavy atom. The van der Waals surface area contributed by atoms with Gasteiger partial charge in [-0.3, -0.25) is 4.98 Å². The highest BCUT2D eigenvalue weighted by atomic mass is 19.4. The molecule has 0 aliphatic carbocycles. The smallest absolute Gasteiger partial charge is 0.363 e. The van der Waals surface area contributed by atoms with Crippen LogP contribution in [0.5, 0.6) is 0 Å². The largest absolute Gasteiger partial charge is 0.416 e. The molecule has 0 radical (unpaired) electrons. The molecule has 1 atom stereocenters. The monoisotopic (exact) mass is 429 g/mol. The van der Waals surface area contributed by atoms with E-state index in [9.17, 15) is 13.2 Å². The first kappa shape index (κ1) is 21.5. The van der Waals surface area contributed by atoms with Crippen LogP contribution >= 0.6 is 0 Å². The lowest BCUT2D eigenvalue weighted by Gasteiger charge is -2.28. The first-order chi connectivity index (χ1) is 14.7. The Balaban J connectivity index is 1.65. The third-order valence-corrected chi connectivity index (χ3v) is 5.92. The summed E-state index contributed by atoms with van der Waals surface area (Å²) in [4.78, 5) is 16.0. The van der Waals surface area contributed by atoms with Crippen LogP contribution in [0.15, 0.2) is 36.5 Å². The van der Waals surface area contributed by atoms with E-state index < -0.39 is 11.7 Å². The molecule has 4 rings (SSSR count). The number of nitrogens with zero attached hydrogens (tertiary/aromatic N) is 4. The molecule has 0 amide bonds. The van der Waals surface area contributed by atoms with E-state index in [2.05, 4.69) is 32.2 Å². The number of alkyl halides is 3. The highest BCUT2D eigenvalue weighted by Gasteiger charge is 2.30. The van der Waals surface area contributed by atoms with Crippen LogP contribution < -0.4 is 5.32 Å². The Labute approximate surface area is 179 Å². The van der Waals surface area contributed by atoms with E-state index in [0.717, 1.165) is 48.6 Å². The van der Waals surface area contributed by atoms with Crippen molar-refractivity contribution < 1.29 is 13.2 Å². The molecule has 5 nitrogen and oxygen atoms in total. The van der Waals surface area contributed by atoms with Crippen LogP contribution in [0.1, 0.15) is 54.4 Å². The molecule has 0 bridgehead atoms. The van der Waals surface area contributed by atoms with Crippen molar-refractivity contribution in [3.63, 3.8) is 0 Å². The molecule has 0 saturated carbocycles. The minimum absolute atomic E-state index is 0.361. The van der Waals surface area contributed by atoms with E-state index in [1.807, 2.05) is 13.0 Å². The van der Waals surface area contributed by atoms with Crippen molar-refractivity contribution in [2.24, 2.45) is 0 Å². The van der Waals surface area contributed by atoms with Crippen molar-refractivity contribution in [1.82, 2.24) is 19.9 Å². The summed E-state index contributed by atoms with van der Waals surface area (Å²) in [7, 11) is 2.12. The number of pyridine rings is 1. The Morgan fingerprint density at radius 1 is 1.13 bits per heavy atom. The summed E-state index contributed by atoms with van der Waals surface area (Å²) in [6.07, 6.45) is -0.503. The minimum atomic E-state index is -4.37. The second-order valence-electron chi connectivity index (χ2n) is 8.31. The quantitative estimate of drug-likeness (QED) is 0.607. The van der Waals surface area contributed by atoms with E-state index in [0.29, 0.717) is 23.1 Å². The fraction of sp³-hybridized carbons (Fsp3) is 0.435. The number of aryl methyl sites for hydroxylation is 1. The van der Waals surface area contributed by atoms with Gasteiger partial charge in [0.05, 0.1) is 17.3 Å². The molecule has 164 valence electrons. The van der Waals surface area contributed by atoms with Crippen molar-refractivity contribution in [1.29, 1.82) is 0 Å². The summed E-state index contributed by atoms with van der Waals surface area (Å²) in [6, 6.07) is 7.06. The van der Waals surface area contributed by atoms with Crippen LogP contribution in [-0.4, -0.2) is 40.0 Å². The van der Waals surface area contributed by atoms with Crippen molar-refractivity contribution in [2.75, 3.05) is 25.5 Å². The molecule has 0 unspecified atom stereocenters. The van der Waals surface area contributed by atoms with E-state index in [4.69, 9.17) is 0 Å². The van der Waals surface area contributed by atoms with Crippen molar-refractivity contribution in [3.8, 4) is 0 Å². The number of halogens is 3. The molecule has 0 spiro atoms. The molecule has 31 heavy (non-hydrogen) atoms. The Hall–Kier alpha value is -2.74. The Bertz CT molecular complexity index is 1070. The number of piperidine rings is 1. The number of anilines is 1. The average molecular weight is 429 g/mol. The summed E-state index contributed by atoms with van der Waals surface area (Å²) < 4.78 is 39.3. The predicted octanol–water partition coefficient (Wildman–Crippen LogP) is 5.33. The normalized spacial score (nSPS) is 17.1. The molecule has 2 aromatic heterocycles. The standard InChI is InChI=1S/C23H26F3N5/c1-14(17-5-4-6-18(11-17)23(24,25)26)28-22-19-12-20(16-7-9-31(3)10-8-16)27-13-21(19)29-15(2)30-22/h4-6,11-14,16H,7-10H2,1-3H3,(H,28,29,30)/t14-/m1/s1. The third kappa shape index (κ3) is 4.79. The van der Waals surface area contributed by atoms with Crippen molar-refractivity contribution in [3.05, 3.63) is 59.2 Å². The SMILES string of the molecule is Cc1nc(N[C@H](C)c2cccc(C(F)(F)F)c2)c2cc(C3CCN(C)CC3)ncc2n1. The zero-order valence-corrected chi connectivity index (χ0v) is 17.9. The second-order valence-corrected chi connectivity index (χ2v) is 8.31. The van der Waals surface area contributed by atoms with Gasteiger partial charge in [-0.05, 0) is 70.6 Å². The topological polar surface area (TPSA) is 53.9 Å². The van der Waals surface area contributed by atoms with Crippen LogP contribution in [-0.2, 0) is 6.18 Å². The molecule has 1 aliphatic heterocycles. The molecule has 1 aliphatic rings. The summed E-state index contributed by atoms with van der Waals surface area (Å²) in [5.74, 6) is 1.58. The van der Waals surface area contributed by atoms with Gasteiger partial charge in [0, 0.05) is 23.0 Å². The van der Waals surface area contributed by atoms with Crippen molar-refractivity contribution >= 4 is 16.7 Å². The number of aromatic nitrogens is 3. The lowest BCUT2D eigenvalue weighted by atomic mass is 9.93. The van der Waals surface area contributed by atoms with Gasteiger partial charge in [0.2, 0.25) is 0 Å². The maximum absolute atomic E-state index is 13.1. The first-order valence-corrected chi connectivity index (χ1v) is 10.5. The molecule has 1 saturated heterocycles. The summed E-state index contributed by atoms with van der Waals surface area (Å²) >= 11 is 0. The Morgan fingerprint density at radius 3 is 2.58 bits per heavy atom. The van der Waals surface area contributed by atoms with Gasteiger partial charge in [-0.2, -0.15) is 13.2 Å². The highest BCUT2D eigenvalue weighted by Crippen LogP contribution is 2.33. The van der Waals surface area contributed by atoms with Gasteiger partial charge < -0.3 is 10.2 Å². The van der Waals surface area contributed by atoms with Gasteiger partial charge in [0.1, 0.15) is 11.6 Å². The third-order valence-electron chi connectivity index (χ3n) is 5.92. The van der Waals surface area contributed by atoms with Gasteiger partial charge in [-0.1, -0.05) is 12.1 Å². The highest BCUT2D eigenvalue weighted by molar-refractivity contribution is 5.89. The number of fused-ring (bicyclic) bond motifs is 1. The maximum atomic E-state index is 13.1. The average Bonchev–Trinajstić information content (AvgIpc) is 2.73. The number of likely N-dealkylation sites (tertiary alicyclic amines) is 1. The van der Waals surface area contributed by atoms with E-state index in [1.165, 1.54) is 12.1 Å². The molecule has 1 N–H and O–H groups in total. The molecular formula is C23H26F3N5. The number of hydrogen-bond acceptors (Lipinski definition) is 5. The van der Waals surface area contributed by atoms with Gasteiger partial charge in [-0.15, -0.1) is 0 Å². The molecule has 1 aromatic carbocycles. The number of rotatable bonds is 4. The predicted molar refractivity (Wildman–Crippen MR) is 115 cm³/mol. The summed E-state index contributed by atoms with van der Waals surface area (Å²) in [5.41, 5.74) is 1.63. The second kappa shape index (κ2) is 8.42. The summed E-state index contributed by atoms with van der Waals surface area (Å²) in [5, 5.41) is 4.14. The van der Waals surface area contributed by atoms with Crippen LogP contribution in [0.2, 0.25) is 0 Å². The lowest BCUT2D eigenvalue weighted by Crippen LogP contribution is -2.29. The fourth-order valence-electron chi connectivity index (χ4n) is 4.07. The van der Waals surface area contributed by atoms with E-state index in [-0.39, 0.29) is 6.04 Å². The maximum Gasteiger partial charge on any atom is 0.416 e. The van der Waals surface area contributed by atoms with Crippen LogP contribution in [0.25, 0.3) is 10.9 Å². The minimum Gasteiger partial charge on any atom is -0.363 e.